The van der Waals surface area contributed by atoms with Crippen LogP contribution in [0.2, 0.25) is 0 Å². The third kappa shape index (κ3) is 2.15. The second kappa shape index (κ2) is 5.65. The molecule has 1 spiro atoms. The van der Waals surface area contributed by atoms with Gasteiger partial charge in [-0.3, -0.25) is 0 Å². The molecule has 4 atom stereocenters. The molecule has 4 fully saturated rings. The minimum absolute atomic E-state index is 0.0815. The number of fused-ring (bicyclic) bond motifs is 3. The molecule has 4 heterocycles. The first-order valence-corrected chi connectivity index (χ1v) is 10.3. The third-order valence-corrected chi connectivity index (χ3v) is 7.70. The maximum atomic E-state index is 6.75. The molecule has 6 aliphatic rings. The van der Waals surface area contributed by atoms with Crippen molar-refractivity contribution in [2.45, 2.75) is 69.7 Å². The van der Waals surface area contributed by atoms with E-state index in [4.69, 9.17) is 23.7 Å². The molecule has 0 radical (unpaired) electrons. The Bertz CT molecular complexity index is 670. The van der Waals surface area contributed by atoms with Crippen molar-refractivity contribution in [2.75, 3.05) is 26.4 Å². The predicted octanol–water partition coefficient (Wildman–Crippen LogP) is 3.10. The highest BCUT2D eigenvalue weighted by molar-refractivity contribution is 5.42. The summed E-state index contributed by atoms with van der Waals surface area (Å²) in [5.74, 6) is 0.155. The summed E-state index contributed by atoms with van der Waals surface area (Å²) < 4.78 is 30.9. The lowest BCUT2D eigenvalue weighted by Crippen LogP contribution is -2.51. The smallest absolute Gasteiger partial charge is 0.182 e. The molecule has 2 bridgehead atoms. The zero-order chi connectivity index (χ0) is 17.4. The van der Waals surface area contributed by atoms with Crippen LogP contribution in [0, 0.1) is 11.3 Å². The second-order valence-electron chi connectivity index (χ2n) is 8.99. The highest BCUT2D eigenvalue weighted by Crippen LogP contribution is 2.60. The van der Waals surface area contributed by atoms with Gasteiger partial charge in [-0.2, -0.15) is 0 Å². The lowest BCUT2D eigenvalue weighted by molar-refractivity contribution is -0.215. The molecule has 142 valence electrons. The van der Waals surface area contributed by atoms with Gasteiger partial charge in [0, 0.05) is 23.8 Å². The summed E-state index contributed by atoms with van der Waals surface area (Å²) in [4.78, 5) is 0. The van der Waals surface area contributed by atoms with Crippen molar-refractivity contribution in [3.05, 3.63) is 22.8 Å². The third-order valence-electron chi connectivity index (χ3n) is 7.70. The van der Waals surface area contributed by atoms with Crippen LogP contribution in [0.5, 0.6) is 0 Å². The van der Waals surface area contributed by atoms with E-state index in [9.17, 15) is 0 Å². The standard InChI is InChI=1S/C21H28O5/c1-20-5-6-21(24-9-10-25-21)12-14(20)11-13-3-2-4-15-16(18(20)26-17(13)15)19-22-7-8-23-19/h3,14,17-19H,2,4-12H2,1H3/t14-,17+,18-,20-/m1/s1. The van der Waals surface area contributed by atoms with E-state index in [0.717, 1.165) is 51.7 Å². The van der Waals surface area contributed by atoms with Crippen LogP contribution in [-0.2, 0) is 23.7 Å². The van der Waals surface area contributed by atoms with E-state index in [-0.39, 0.29) is 29.7 Å². The summed E-state index contributed by atoms with van der Waals surface area (Å²) in [5.41, 5.74) is 4.31. The Morgan fingerprint density at radius 1 is 1.04 bits per heavy atom. The maximum absolute atomic E-state index is 6.75. The molecule has 3 saturated heterocycles. The molecular formula is C21H28O5. The van der Waals surface area contributed by atoms with E-state index in [1.54, 1.807) is 0 Å². The molecule has 0 aromatic carbocycles. The van der Waals surface area contributed by atoms with Gasteiger partial charge in [-0.15, -0.1) is 0 Å². The summed E-state index contributed by atoms with van der Waals surface area (Å²) in [6.07, 6.45) is 8.76. The zero-order valence-corrected chi connectivity index (χ0v) is 15.5. The molecule has 4 aliphatic heterocycles. The largest absolute Gasteiger partial charge is 0.361 e. The first-order valence-electron chi connectivity index (χ1n) is 10.3. The van der Waals surface area contributed by atoms with Gasteiger partial charge < -0.3 is 23.7 Å². The van der Waals surface area contributed by atoms with Crippen LogP contribution < -0.4 is 0 Å². The van der Waals surface area contributed by atoms with Crippen molar-refractivity contribution in [3.63, 3.8) is 0 Å². The van der Waals surface area contributed by atoms with Crippen LogP contribution in [-0.4, -0.2) is 50.7 Å². The molecule has 0 N–H and O–H groups in total. The molecule has 1 saturated carbocycles. The summed E-state index contributed by atoms with van der Waals surface area (Å²) in [6.45, 7) is 5.25. The Kier molecular flexibility index (Phi) is 3.53. The summed E-state index contributed by atoms with van der Waals surface area (Å²) in [5, 5.41) is 0. The van der Waals surface area contributed by atoms with Crippen LogP contribution in [0.4, 0.5) is 0 Å². The van der Waals surface area contributed by atoms with Crippen molar-refractivity contribution in [1.82, 2.24) is 0 Å². The van der Waals surface area contributed by atoms with Gasteiger partial charge in [0.05, 0.1) is 32.5 Å². The molecule has 0 aromatic heterocycles. The number of hydrogen-bond donors (Lipinski definition) is 0. The first kappa shape index (κ1) is 16.3. The van der Waals surface area contributed by atoms with Gasteiger partial charge in [-0.25, -0.2) is 0 Å². The van der Waals surface area contributed by atoms with Gasteiger partial charge in [0.2, 0.25) is 0 Å². The van der Waals surface area contributed by atoms with Crippen LogP contribution in [0.15, 0.2) is 22.8 Å². The lowest BCUT2D eigenvalue weighted by atomic mass is 9.58. The second-order valence-corrected chi connectivity index (χ2v) is 8.99. The molecule has 5 heteroatoms. The summed E-state index contributed by atoms with van der Waals surface area (Å²) >= 11 is 0. The SMILES string of the molecule is C[C@@]12CCC3(C[C@H]1CC1=CCCC4=C(C5OCCO5)[C@H]2O[C@@H]14)OCCO3. The summed E-state index contributed by atoms with van der Waals surface area (Å²) in [7, 11) is 0. The van der Waals surface area contributed by atoms with E-state index in [2.05, 4.69) is 13.0 Å². The highest BCUT2D eigenvalue weighted by atomic mass is 16.7. The van der Waals surface area contributed by atoms with Gasteiger partial charge in [0.15, 0.2) is 12.1 Å². The van der Waals surface area contributed by atoms with Crippen LogP contribution in [0.1, 0.15) is 45.4 Å². The Morgan fingerprint density at radius 3 is 2.65 bits per heavy atom. The lowest BCUT2D eigenvalue weighted by Gasteiger charge is -2.50. The van der Waals surface area contributed by atoms with Crippen molar-refractivity contribution < 1.29 is 23.7 Å². The van der Waals surface area contributed by atoms with Crippen LogP contribution >= 0.6 is 0 Å². The van der Waals surface area contributed by atoms with Crippen molar-refractivity contribution in [2.24, 2.45) is 11.3 Å². The Hall–Kier alpha value is -0.720. The number of hydrogen-bond acceptors (Lipinski definition) is 5. The van der Waals surface area contributed by atoms with Crippen LogP contribution in [0.25, 0.3) is 0 Å². The average molecular weight is 360 g/mol. The maximum Gasteiger partial charge on any atom is 0.182 e. The van der Waals surface area contributed by atoms with Crippen LogP contribution in [0.3, 0.4) is 0 Å². The minimum Gasteiger partial charge on any atom is -0.361 e. The summed E-state index contributed by atoms with van der Waals surface area (Å²) in [6, 6.07) is 0. The molecule has 0 amide bonds. The average Bonchev–Trinajstić information content (AvgIpc) is 3.36. The van der Waals surface area contributed by atoms with Gasteiger partial charge in [-0.1, -0.05) is 13.0 Å². The highest BCUT2D eigenvalue weighted by Gasteiger charge is 2.60. The Labute approximate surface area is 154 Å². The Morgan fingerprint density at radius 2 is 1.85 bits per heavy atom. The quantitative estimate of drug-likeness (QED) is 0.673. The number of ether oxygens (including phenoxy) is 5. The molecule has 2 aliphatic carbocycles. The molecule has 6 rings (SSSR count). The fraction of sp³-hybridized carbons (Fsp3) is 0.810. The topological polar surface area (TPSA) is 46.2 Å². The van der Waals surface area contributed by atoms with Gasteiger partial charge in [0.1, 0.15) is 6.10 Å². The fourth-order valence-electron chi connectivity index (χ4n) is 6.30. The van der Waals surface area contributed by atoms with E-state index in [1.165, 1.54) is 16.7 Å². The monoisotopic (exact) mass is 360 g/mol. The van der Waals surface area contributed by atoms with E-state index >= 15 is 0 Å². The molecule has 26 heavy (non-hydrogen) atoms. The van der Waals surface area contributed by atoms with Gasteiger partial charge in [-0.05, 0) is 42.7 Å². The molecule has 0 unspecified atom stereocenters. The first-order chi connectivity index (χ1) is 12.7. The normalized spacial score (nSPS) is 44.3. The van der Waals surface area contributed by atoms with Crippen molar-refractivity contribution in [3.8, 4) is 0 Å². The van der Waals surface area contributed by atoms with Crippen molar-refractivity contribution in [1.29, 1.82) is 0 Å². The predicted molar refractivity (Wildman–Crippen MR) is 93.4 cm³/mol. The number of rotatable bonds is 1. The number of allylic oxidation sites excluding steroid dienone is 1. The zero-order valence-electron chi connectivity index (χ0n) is 15.5. The van der Waals surface area contributed by atoms with Gasteiger partial charge in [0.25, 0.3) is 0 Å². The minimum atomic E-state index is -0.351. The fourth-order valence-corrected chi connectivity index (χ4v) is 6.30. The van der Waals surface area contributed by atoms with Crippen molar-refractivity contribution >= 4 is 0 Å². The van der Waals surface area contributed by atoms with E-state index in [1.807, 2.05) is 0 Å². The molecule has 0 aromatic rings. The van der Waals surface area contributed by atoms with E-state index in [0.29, 0.717) is 19.1 Å². The van der Waals surface area contributed by atoms with Gasteiger partial charge >= 0.3 is 0 Å². The molecule has 5 nitrogen and oxygen atoms in total. The Balaban J connectivity index is 1.42. The molecular weight excluding hydrogens is 332 g/mol. The van der Waals surface area contributed by atoms with E-state index < -0.39 is 0 Å².